The lowest BCUT2D eigenvalue weighted by Crippen LogP contribution is -2.42. The third kappa shape index (κ3) is 5.40. The predicted molar refractivity (Wildman–Crippen MR) is 132 cm³/mol. The number of fused-ring (bicyclic) bond motifs is 1. The Balaban J connectivity index is 2.05. The van der Waals surface area contributed by atoms with E-state index in [0.29, 0.717) is 0 Å². The molecule has 0 aliphatic rings. The predicted octanol–water partition coefficient (Wildman–Crippen LogP) is 7.57. The lowest BCUT2D eigenvalue weighted by molar-refractivity contribution is 0.314. The quantitative estimate of drug-likeness (QED) is 0.236. The zero-order valence-electron chi connectivity index (χ0n) is 19.6. The average Bonchev–Trinajstić information content (AvgIpc) is 3.14. The third-order valence-electron chi connectivity index (χ3n) is 6.11. The summed E-state index contributed by atoms with van der Waals surface area (Å²) in [5.41, 5.74) is 4.72. The topological polar surface area (TPSA) is 30.7 Å². The van der Waals surface area contributed by atoms with E-state index in [4.69, 9.17) is 5.21 Å². The molecule has 0 saturated carbocycles. The van der Waals surface area contributed by atoms with Crippen LogP contribution in [0.1, 0.15) is 63.0 Å². The molecule has 0 spiro atoms. The van der Waals surface area contributed by atoms with Gasteiger partial charge in [0, 0.05) is 8.07 Å². The van der Waals surface area contributed by atoms with Gasteiger partial charge in [-0.3, -0.25) is 0 Å². The van der Waals surface area contributed by atoms with Gasteiger partial charge in [0.25, 0.3) is 0 Å². The van der Waals surface area contributed by atoms with E-state index < -0.39 is 8.07 Å². The van der Waals surface area contributed by atoms with Crippen LogP contribution < -0.4 is 0 Å². The molecule has 1 aromatic heterocycles. The van der Waals surface area contributed by atoms with Crippen LogP contribution in [0, 0.1) is 6.92 Å². The van der Waals surface area contributed by atoms with Crippen LogP contribution in [0.4, 0.5) is 0 Å². The Kier molecular flexibility index (Phi) is 7.51. The largest absolute Gasteiger partial charge is 0.234 e. The maximum Gasteiger partial charge on any atom is 0.113 e. The third-order valence-corrected chi connectivity index (χ3v) is 7.76. The first-order valence-corrected chi connectivity index (χ1v) is 15.4. The zero-order chi connectivity index (χ0) is 21.6. The van der Waals surface area contributed by atoms with Gasteiger partial charge in [0.2, 0.25) is 0 Å². The van der Waals surface area contributed by atoms with Gasteiger partial charge in [0.15, 0.2) is 0 Å². The van der Waals surface area contributed by atoms with Gasteiger partial charge in [-0.1, -0.05) is 112 Å². The van der Waals surface area contributed by atoms with Gasteiger partial charge in [-0.05, 0) is 37.1 Å². The van der Waals surface area contributed by atoms with Crippen LogP contribution in [0.2, 0.25) is 25.7 Å². The van der Waals surface area contributed by atoms with Crippen LogP contribution in [-0.4, -0.2) is 23.1 Å². The summed E-state index contributed by atoms with van der Waals surface area (Å²) >= 11 is 0. The van der Waals surface area contributed by atoms with Crippen molar-refractivity contribution in [3.05, 3.63) is 59.7 Å². The molecule has 0 aliphatic carbocycles. The van der Waals surface area contributed by atoms with Crippen molar-refractivity contribution < 1.29 is 0 Å². The van der Waals surface area contributed by atoms with Gasteiger partial charge in [-0.2, -0.15) is 0 Å². The Hall–Kier alpha value is -1.94. The summed E-state index contributed by atoms with van der Waals surface area (Å²) in [6.45, 7) is 11.9. The smallest absolute Gasteiger partial charge is 0.113 e. The highest BCUT2D eigenvalue weighted by Gasteiger charge is 2.40. The number of hydrogen-bond donors (Lipinski definition) is 0. The Morgan fingerprint density at radius 1 is 0.867 bits per heavy atom. The number of hydrogen-bond acceptors (Lipinski definition) is 2. The Labute approximate surface area is 183 Å². The standard InChI is InChI=1S/C26H39N3Si/c1-6-7-8-9-10-13-20-26(21-30(3,4)5,23-18-16-22(2)17-19-23)29-25-15-12-11-14-24(25)27-28-29/h11-12,14-19H,6-10,13,20-21H2,1-5H3. The van der Waals surface area contributed by atoms with E-state index in [1.54, 1.807) is 0 Å². The Morgan fingerprint density at radius 3 is 2.23 bits per heavy atom. The molecule has 3 nitrogen and oxygen atoms in total. The molecule has 4 heteroatoms. The molecule has 0 radical (unpaired) electrons. The molecule has 1 unspecified atom stereocenters. The fraction of sp³-hybridized carbons (Fsp3) is 0.538. The Bertz CT molecular complexity index is 923. The SMILES string of the molecule is CCCCCCCCC(C[Si](C)(C)C)(c1ccc(C)cc1)n1nnc2ccccc21. The summed E-state index contributed by atoms with van der Waals surface area (Å²) in [6.07, 6.45) is 9.00. The number of aryl methyl sites for hydroxylation is 1. The summed E-state index contributed by atoms with van der Waals surface area (Å²) in [6, 6.07) is 18.8. The van der Waals surface area contributed by atoms with E-state index in [0.717, 1.165) is 17.5 Å². The molecule has 162 valence electrons. The van der Waals surface area contributed by atoms with Gasteiger partial charge in [-0.15, -0.1) is 5.10 Å². The monoisotopic (exact) mass is 421 g/mol. The summed E-state index contributed by atoms with van der Waals surface area (Å²) < 4.78 is 2.28. The molecule has 0 amide bonds. The minimum atomic E-state index is -1.40. The van der Waals surface area contributed by atoms with Crippen LogP contribution >= 0.6 is 0 Å². The lowest BCUT2D eigenvalue weighted by atomic mass is 9.85. The molecule has 2 aromatic carbocycles. The first kappa shape index (κ1) is 22.7. The maximum atomic E-state index is 4.77. The normalized spacial score (nSPS) is 14.2. The Morgan fingerprint density at radius 2 is 1.53 bits per heavy atom. The van der Waals surface area contributed by atoms with E-state index in [9.17, 15) is 0 Å². The number of nitrogens with zero attached hydrogens (tertiary/aromatic N) is 3. The molecule has 3 rings (SSSR count). The van der Waals surface area contributed by atoms with E-state index in [-0.39, 0.29) is 5.54 Å². The van der Waals surface area contributed by atoms with Crippen LogP contribution in [0.5, 0.6) is 0 Å². The summed E-state index contributed by atoms with van der Waals surface area (Å²) in [4.78, 5) is 0. The number of benzene rings is 2. The second-order valence-electron chi connectivity index (χ2n) is 10.1. The molecule has 1 atom stereocenters. The highest BCUT2D eigenvalue weighted by Crippen LogP contribution is 2.41. The second-order valence-corrected chi connectivity index (χ2v) is 15.6. The maximum absolute atomic E-state index is 4.77. The first-order valence-electron chi connectivity index (χ1n) is 11.7. The van der Waals surface area contributed by atoms with E-state index in [1.807, 2.05) is 0 Å². The minimum Gasteiger partial charge on any atom is -0.234 e. The summed E-state index contributed by atoms with van der Waals surface area (Å²) in [7, 11) is -1.40. The van der Waals surface area contributed by atoms with Crippen LogP contribution in [0.25, 0.3) is 11.0 Å². The van der Waals surface area contributed by atoms with Crippen molar-refractivity contribution >= 4 is 19.1 Å². The van der Waals surface area contributed by atoms with Crippen LogP contribution in [0.15, 0.2) is 48.5 Å². The summed E-state index contributed by atoms with van der Waals surface area (Å²) in [5, 5.41) is 9.32. The van der Waals surface area contributed by atoms with Crippen LogP contribution in [0.3, 0.4) is 0 Å². The molecule has 3 aromatic rings. The molecule has 30 heavy (non-hydrogen) atoms. The zero-order valence-corrected chi connectivity index (χ0v) is 20.6. The molecule has 0 aliphatic heterocycles. The molecule has 0 bridgehead atoms. The molecular formula is C26H39N3Si. The molecule has 0 saturated heterocycles. The molecule has 0 N–H and O–H groups in total. The molecule has 0 fully saturated rings. The van der Waals surface area contributed by atoms with E-state index >= 15 is 0 Å². The van der Waals surface area contributed by atoms with Gasteiger partial charge in [0.05, 0.1) is 11.1 Å². The van der Waals surface area contributed by atoms with Crippen molar-refractivity contribution in [3.63, 3.8) is 0 Å². The summed E-state index contributed by atoms with van der Waals surface area (Å²) in [5.74, 6) is 0. The van der Waals surface area contributed by atoms with Gasteiger partial charge in [0.1, 0.15) is 5.52 Å². The fourth-order valence-corrected chi connectivity index (χ4v) is 7.05. The number of unbranched alkanes of at least 4 members (excludes halogenated alkanes) is 5. The number of rotatable bonds is 11. The van der Waals surface area contributed by atoms with E-state index in [2.05, 4.69) is 91.8 Å². The lowest BCUT2D eigenvalue weighted by Gasteiger charge is -2.39. The van der Waals surface area contributed by atoms with Gasteiger partial charge < -0.3 is 0 Å². The van der Waals surface area contributed by atoms with Crippen LogP contribution in [-0.2, 0) is 5.54 Å². The average molecular weight is 422 g/mol. The van der Waals surface area contributed by atoms with Gasteiger partial charge >= 0.3 is 0 Å². The van der Waals surface area contributed by atoms with Crippen molar-refractivity contribution in [2.75, 3.05) is 0 Å². The highest BCUT2D eigenvalue weighted by atomic mass is 28.3. The fourth-order valence-electron chi connectivity index (χ4n) is 4.76. The number of aromatic nitrogens is 3. The van der Waals surface area contributed by atoms with Crippen molar-refractivity contribution in [1.29, 1.82) is 0 Å². The number of para-hydroxylation sites is 1. The van der Waals surface area contributed by atoms with Gasteiger partial charge in [-0.25, -0.2) is 4.68 Å². The molecular weight excluding hydrogens is 382 g/mol. The van der Waals surface area contributed by atoms with Crippen molar-refractivity contribution in [2.24, 2.45) is 0 Å². The van der Waals surface area contributed by atoms with Crippen molar-refractivity contribution in [2.45, 2.75) is 90.0 Å². The van der Waals surface area contributed by atoms with Crippen molar-refractivity contribution in [3.8, 4) is 0 Å². The van der Waals surface area contributed by atoms with E-state index in [1.165, 1.54) is 55.7 Å². The van der Waals surface area contributed by atoms with Crippen molar-refractivity contribution in [1.82, 2.24) is 15.0 Å². The highest BCUT2D eigenvalue weighted by molar-refractivity contribution is 6.76. The first-order chi connectivity index (χ1) is 14.4. The minimum absolute atomic E-state index is 0.126. The second kappa shape index (κ2) is 9.91. The molecule has 1 heterocycles.